The molecule has 18 heavy (non-hydrogen) atoms. The van der Waals surface area contributed by atoms with Gasteiger partial charge in [-0.25, -0.2) is 0 Å². The highest BCUT2D eigenvalue weighted by molar-refractivity contribution is 5.74. The van der Waals surface area contributed by atoms with Crippen molar-refractivity contribution < 1.29 is 14.3 Å². The van der Waals surface area contributed by atoms with Gasteiger partial charge in [0.25, 0.3) is 0 Å². The van der Waals surface area contributed by atoms with E-state index in [4.69, 9.17) is 15.2 Å². The lowest BCUT2D eigenvalue weighted by atomic mass is 9.62. The van der Waals surface area contributed by atoms with Crippen LogP contribution in [-0.2, 0) is 14.3 Å². The fourth-order valence-corrected chi connectivity index (χ4v) is 3.15. The van der Waals surface area contributed by atoms with Crippen LogP contribution in [0, 0.1) is 17.3 Å². The highest BCUT2D eigenvalue weighted by atomic mass is 16.5. The molecule has 0 amide bonds. The van der Waals surface area contributed by atoms with Crippen molar-refractivity contribution in [1.82, 2.24) is 4.90 Å². The van der Waals surface area contributed by atoms with Gasteiger partial charge in [-0.3, -0.25) is 9.69 Å². The zero-order valence-electron chi connectivity index (χ0n) is 11.5. The van der Waals surface area contributed by atoms with Gasteiger partial charge in [-0.05, 0) is 12.8 Å². The van der Waals surface area contributed by atoms with Gasteiger partial charge < -0.3 is 15.2 Å². The second-order valence-corrected chi connectivity index (χ2v) is 5.74. The summed E-state index contributed by atoms with van der Waals surface area (Å²) in [6, 6.07) is 0.304. The van der Waals surface area contributed by atoms with Crippen molar-refractivity contribution in [3.8, 4) is 0 Å². The van der Waals surface area contributed by atoms with Crippen molar-refractivity contribution in [1.29, 1.82) is 0 Å². The van der Waals surface area contributed by atoms with Crippen LogP contribution >= 0.6 is 0 Å². The minimum atomic E-state index is -0.112. The Labute approximate surface area is 109 Å². The number of piperidine rings is 1. The molecule has 2 aliphatic heterocycles. The number of esters is 1. The van der Waals surface area contributed by atoms with Crippen molar-refractivity contribution in [3.63, 3.8) is 0 Å². The third-order valence-corrected chi connectivity index (χ3v) is 4.79. The first-order valence-electron chi connectivity index (χ1n) is 6.65. The molecule has 0 saturated carbocycles. The van der Waals surface area contributed by atoms with E-state index in [1.165, 1.54) is 7.11 Å². The Balaban J connectivity index is 2.17. The molecular formula is C13H24N2O3. The Bertz CT molecular complexity index is 317. The van der Waals surface area contributed by atoms with E-state index in [1.54, 1.807) is 0 Å². The average Bonchev–Trinajstić information content (AvgIpc) is 2.33. The molecule has 0 aromatic heterocycles. The number of carbonyl (C=O) groups is 1. The van der Waals surface area contributed by atoms with Gasteiger partial charge >= 0.3 is 5.97 Å². The van der Waals surface area contributed by atoms with Crippen LogP contribution in [0.4, 0.5) is 0 Å². The SMILES string of the molecule is COC(=O)C1CN(C(C)CN)CC(C)C12COC2. The van der Waals surface area contributed by atoms with E-state index in [9.17, 15) is 4.79 Å². The monoisotopic (exact) mass is 256 g/mol. The van der Waals surface area contributed by atoms with Crippen LogP contribution in [0.25, 0.3) is 0 Å². The maximum atomic E-state index is 12.0. The van der Waals surface area contributed by atoms with Crippen LogP contribution < -0.4 is 5.73 Å². The third-order valence-electron chi connectivity index (χ3n) is 4.79. The molecule has 2 N–H and O–H groups in total. The molecule has 5 nitrogen and oxygen atoms in total. The summed E-state index contributed by atoms with van der Waals surface area (Å²) in [7, 11) is 1.46. The number of rotatable bonds is 3. The fraction of sp³-hybridized carbons (Fsp3) is 0.923. The standard InChI is InChI=1S/C13H24N2O3/c1-9-5-15(10(2)4-14)6-11(12(16)17-3)13(9)7-18-8-13/h9-11H,4-8,14H2,1-3H3. The highest BCUT2D eigenvalue weighted by Gasteiger charge is 2.56. The number of likely N-dealkylation sites (tertiary alicyclic amines) is 1. The maximum absolute atomic E-state index is 12.0. The molecule has 2 rings (SSSR count). The highest BCUT2D eigenvalue weighted by Crippen LogP contribution is 2.47. The predicted molar refractivity (Wildman–Crippen MR) is 68.0 cm³/mol. The van der Waals surface area contributed by atoms with Gasteiger partial charge in [-0.2, -0.15) is 0 Å². The van der Waals surface area contributed by atoms with Crippen LogP contribution in [-0.4, -0.2) is 56.9 Å². The molecule has 2 fully saturated rings. The largest absolute Gasteiger partial charge is 0.469 e. The molecule has 104 valence electrons. The first-order chi connectivity index (χ1) is 8.55. The van der Waals surface area contributed by atoms with Crippen LogP contribution in [0.1, 0.15) is 13.8 Å². The molecule has 0 aromatic rings. The van der Waals surface area contributed by atoms with Crippen LogP contribution in [0.3, 0.4) is 0 Å². The molecule has 0 aliphatic carbocycles. The van der Waals surface area contributed by atoms with Gasteiger partial charge in [0.2, 0.25) is 0 Å². The number of hydrogen-bond acceptors (Lipinski definition) is 5. The van der Waals surface area contributed by atoms with Crippen LogP contribution in [0.15, 0.2) is 0 Å². The quantitative estimate of drug-likeness (QED) is 0.725. The minimum Gasteiger partial charge on any atom is -0.469 e. The molecule has 5 heteroatoms. The summed E-state index contributed by atoms with van der Waals surface area (Å²) < 4.78 is 10.4. The van der Waals surface area contributed by atoms with Gasteiger partial charge in [-0.15, -0.1) is 0 Å². The van der Waals surface area contributed by atoms with Gasteiger partial charge in [0.15, 0.2) is 0 Å². The first kappa shape index (κ1) is 13.8. The summed E-state index contributed by atoms with van der Waals surface area (Å²) in [5.74, 6) is 0.228. The van der Waals surface area contributed by atoms with Gasteiger partial charge in [-0.1, -0.05) is 6.92 Å². The van der Waals surface area contributed by atoms with Crippen LogP contribution in [0.2, 0.25) is 0 Å². The van der Waals surface area contributed by atoms with Crippen molar-refractivity contribution in [2.45, 2.75) is 19.9 Å². The van der Waals surface area contributed by atoms with Crippen molar-refractivity contribution >= 4 is 5.97 Å². The van der Waals surface area contributed by atoms with Gasteiger partial charge in [0.1, 0.15) is 0 Å². The number of hydrogen-bond donors (Lipinski definition) is 1. The Kier molecular flexibility index (Phi) is 3.94. The average molecular weight is 256 g/mol. The lowest BCUT2D eigenvalue weighted by Gasteiger charge is -2.56. The van der Waals surface area contributed by atoms with E-state index in [1.807, 2.05) is 0 Å². The first-order valence-corrected chi connectivity index (χ1v) is 6.65. The Hall–Kier alpha value is -0.650. The zero-order valence-corrected chi connectivity index (χ0v) is 11.5. The lowest BCUT2D eigenvalue weighted by molar-refractivity contribution is -0.213. The molecule has 2 saturated heterocycles. The smallest absolute Gasteiger partial charge is 0.310 e. The molecule has 2 aliphatic rings. The second-order valence-electron chi connectivity index (χ2n) is 5.74. The summed E-state index contributed by atoms with van der Waals surface area (Å²) in [4.78, 5) is 14.3. The van der Waals surface area contributed by atoms with E-state index < -0.39 is 0 Å². The fourth-order valence-electron chi connectivity index (χ4n) is 3.15. The normalized spacial score (nSPS) is 32.9. The Morgan fingerprint density at radius 2 is 2.22 bits per heavy atom. The molecule has 1 spiro atoms. The minimum absolute atomic E-state index is 0.0160. The topological polar surface area (TPSA) is 64.8 Å². The number of methoxy groups -OCH3 is 1. The third kappa shape index (κ3) is 2.04. The van der Waals surface area contributed by atoms with E-state index in [-0.39, 0.29) is 17.3 Å². The number of nitrogens with zero attached hydrogens (tertiary/aromatic N) is 1. The molecule has 3 unspecified atom stereocenters. The van der Waals surface area contributed by atoms with E-state index in [0.29, 0.717) is 31.7 Å². The number of carbonyl (C=O) groups excluding carboxylic acids is 1. The summed E-state index contributed by atoms with van der Waals surface area (Å²) in [6.45, 7) is 8.00. The van der Waals surface area contributed by atoms with Crippen molar-refractivity contribution in [2.24, 2.45) is 23.0 Å². The number of ether oxygens (including phenoxy) is 2. The molecule has 0 bridgehead atoms. The van der Waals surface area contributed by atoms with Gasteiger partial charge in [0, 0.05) is 31.1 Å². The molecule has 3 atom stereocenters. The summed E-state index contributed by atoms with van der Waals surface area (Å²) >= 11 is 0. The van der Waals surface area contributed by atoms with E-state index in [2.05, 4.69) is 18.7 Å². The Morgan fingerprint density at radius 3 is 2.67 bits per heavy atom. The van der Waals surface area contributed by atoms with Crippen LogP contribution in [0.5, 0.6) is 0 Å². The molecule has 2 heterocycles. The zero-order chi connectivity index (χ0) is 13.3. The number of nitrogens with two attached hydrogens (primary N) is 1. The van der Waals surface area contributed by atoms with Gasteiger partial charge in [0.05, 0.1) is 26.2 Å². The van der Waals surface area contributed by atoms with E-state index >= 15 is 0 Å². The maximum Gasteiger partial charge on any atom is 0.310 e. The second kappa shape index (κ2) is 5.15. The van der Waals surface area contributed by atoms with Crippen molar-refractivity contribution in [2.75, 3.05) is 40.0 Å². The molecule has 0 aromatic carbocycles. The molecule has 0 radical (unpaired) electrons. The lowest BCUT2D eigenvalue weighted by Crippen LogP contribution is -2.65. The molecular weight excluding hydrogens is 232 g/mol. The van der Waals surface area contributed by atoms with E-state index in [0.717, 1.165) is 13.1 Å². The summed E-state index contributed by atoms with van der Waals surface area (Å²) in [6.07, 6.45) is 0. The Morgan fingerprint density at radius 1 is 1.56 bits per heavy atom. The summed E-state index contributed by atoms with van der Waals surface area (Å²) in [5.41, 5.74) is 5.72. The summed E-state index contributed by atoms with van der Waals surface area (Å²) in [5, 5.41) is 0. The van der Waals surface area contributed by atoms with Crippen molar-refractivity contribution in [3.05, 3.63) is 0 Å². The predicted octanol–water partition coefficient (Wildman–Crippen LogP) is 0.0911.